The van der Waals surface area contributed by atoms with E-state index in [1.54, 1.807) is 0 Å². The maximum absolute atomic E-state index is 12.6. The van der Waals surface area contributed by atoms with Gasteiger partial charge in [-0.3, -0.25) is 4.21 Å². The minimum atomic E-state index is -0.850. The molecule has 1 heterocycles. The molecule has 1 aromatic rings. The third-order valence-corrected chi connectivity index (χ3v) is 5.66. The second-order valence-electron chi connectivity index (χ2n) is 4.83. The highest BCUT2D eigenvalue weighted by Gasteiger charge is 2.39. The molecule has 0 saturated heterocycles. The minimum absolute atomic E-state index is 0.236. The average molecular weight is 251 g/mol. The van der Waals surface area contributed by atoms with Crippen molar-refractivity contribution in [3.63, 3.8) is 0 Å². The van der Waals surface area contributed by atoms with Gasteiger partial charge in [-0.25, -0.2) is 0 Å². The van der Waals surface area contributed by atoms with Crippen LogP contribution in [-0.4, -0.2) is 16.5 Å². The molecule has 0 fully saturated rings. The molecular formula is C14H21NOS. The molecule has 0 spiro atoms. The van der Waals surface area contributed by atoms with Crippen molar-refractivity contribution in [3.05, 3.63) is 28.8 Å². The summed E-state index contributed by atoms with van der Waals surface area (Å²) in [5.41, 5.74) is 3.71. The van der Waals surface area contributed by atoms with Crippen LogP contribution in [0.4, 0.5) is 0 Å². The van der Waals surface area contributed by atoms with Crippen molar-refractivity contribution in [2.24, 2.45) is 0 Å². The quantitative estimate of drug-likeness (QED) is 0.895. The molecule has 1 aliphatic rings. The van der Waals surface area contributed by atoms with E-state index in [2.05, 4.69) is 38.2 Å². The molecule has 2 rings (SSSR count). The number of benzene rings is 1. The topological polar surface area (TPSA) is 29.1 Å². The number of hydrogen-bond donors (Lipinski definition) is 1. The van der Waals surface area contributed by atoms with Crippen LogP contribution in [0.3, 0.4) is 0 Å². The Morgan fingerprint density at radius 3 is 2.53 bits per heavy atom. The largest absolute Gasteiger partial charge is 0.312 e. The van der Waals surface area contributed by atoms with Gasteiger partial charge in [0.25, 0.3) is 0 Å². The van der Waals surface area contributed by atoms with Crippen LogP contribution in [0.1, 0.15) is 42.5 Å². The van der Waals surface area contributed by atoms with Crippen molar-refractivity contribution in [2.75, 3.05) is 7.05 Å². The van der Waals surface area contributed by atoms with Gasteiger partial charge in [0.05, 0.1) is 16.0 Å². The molecule has 1 N–H and O–H groups in total. The van der Waals surface area contributed by atoms with Gasteiger partial charge in [-0.2, -0.15) is 0 Å². The van der Waals surface area contributed by atoms with Crippen LogP contribution in [0.25, 0.3) is 0 Å². The van der Waals surface area contributed by atoms with E-state index < -0.39 is 10.8 Å². The van der Waals surface area contributed by atoms with Gasteiger partial charge in [-0.15, -0.1) is 0 Å². The number of rotatable bonds is 3. The molecular weight excluding hydrogens is 230 g/mol. The average Bonchev–Trinajstić information content (AvgIpc) is 2.59. The fourth-order valence-corrected chi connectivity index (χ4v) is 4.97. The monoisotopic (exact) mass is 251 g/mol. The van der Waals surface area contributed by atoms with Crippen molar-refractivity contribution < 1.29 is 4.21 Å². The van der Waals surface area contributed by atoms with Crippen molar-refractivity contribution in [1.82, 2.24) is 5.32 Å². The second kappa shape index (κ2) is 4.91. The molecule has 3 atom stereocenters. The summed E-state index contributed by atoms with van der Waals surface area (Å²) in [7, 11) is 1.12. The fourth-order valence-electron chi connectivity index (χ4n) is 2.81. The Morgan fingerprint density at radius 1 is 1.29 bits per heavy atom. The Morgan fingerprint density at radius 2 is 1.94 bits per heavy atom. The molecule has 0 aliphatic carbocycles. The first-order chi connectivity index (χ1) is 8.11. The molecule has 0 saturated carbocycles. The number of aryl methyl sites for hydroxylation is 2. The van der Waals surface area contributed by atoms with Crippen LogP contribution in [0.5, 0.6) is 0 Å². The Kier molecular flexibility index (Phi) is 3.69. The van der Waals surface area contributed by atoms with Crippen LogP contribution in [0.2, 0.25) is 0 Å². The summed E-state index contributed by atoms with van der Waals surface area (Å²) in [4.78, 5) is 1.09. The van der Waals surface area contributed by atoms with E-state index in [0.717, 1.165) is 17.7 Å². The summed E-state index contributed by atoms with van der Waals surface area (Å²) in [6.07, 6.45) is 2.10. The third-order valence-electron chi connectivity index (χ3n) is 3.65. The Bertz CT molecular complexity index is 456. The van der Waals surface area contributed by atoms with Crippen LogP contribution < -0.4 is 5.32 Å². The highest BCUT2D eigenvalue weighted by Crippen LogP contribution is 2.41. The molecule has 0 amide bonds. The Hall–Kier alpha value is -0.670. The van der Waals surface area contributed by atoms with Gasteiger partial charge >= 0.3 is 0 Å². The molecule has 2 nitrogen and oxygen atoms in total. The zero-order chi connectivity index (χ0) is 12.6. The second-order valence-corrected chi connectivity index (χ2v) is 6.44. The highest BCUT2D eigenvalue weighted by molar-refractivity contribution is 7.86. The molecule has 3 unspecified atom stereocenters. The highest BCUT2D eigenvalue weighted by atomic mass is 32.2. The third kappa shape index (κ3) is 1.95. The van der Waals surface area contributed by atoms with Gasteiger partial charge in [0.2, 0.25) is 0 Å². The fraction of sp³-hybridized carbons (Fsp3) is 0.571. The van der Waals surface area contributed by atoms with Gasteiger partial charge in [0, 0.05) is 10.9 Å². The van der Waals surface area contributed by atoms with E-state index in [9.17, 15) is 4.21 Å². The lowest BCUT2D eigenvalue weighted by Crippen LogP contribution is -2.27. The molecule has 0 radical (unpaired) electrons. The van der Waals surface area contributed by atoms with Crippen molar-refractivity contribution >= 4 is 10.8 Å². The molecule has 0 aromatic heterocycles. The smallest absolute Gasteiger partial charge is 0.0590 e. The van der Waals surface area contributed by atoms with E-state index in [4.69, 9.17) is 0 Å². The molecule has 3 heteroatoms. The van der Waals surface area contributed by atoms with Crippen molar-refractivity contribution in [3.8, 4) is 0 Å². The minimum Gasteiger partial charge on any atom is -0.312 e. The molecule has 94 valence electrons. The first-order valence-corrected chi connectivity index (χ1v) is 7.51. The molecule has 17 heavy (non-hydrogen) atoms. The first kappa shape index (κ1) is 12.8. The first-order valence-electron chi connectivity index (χ1n) is 6.29. The zero-order valence-electron chi connectivity index (χ0n) is 11.0. The normalized spacial score (nSPS) is 27.2. The van der Waals surface area contributed by atoms with Crippen LogP contribution >= 0.6 is 0 Å². The number of nitrogens with one attached hydrogen (secondary N) is 1. The molecule has 1 aliphatic heterocycles. The van der Waals surface area contributed by atoms with Gasteiger partial charge in [0.1, 0.15) is 0 Å². The lowest BCUT2D eigenvalue weighted by atomic mass is 9.95. The van der Waals surface area contributed by atoms with Crippen LogP contribution in [-0.2, 0) is 10.8 Å². The zero-order valence-corrected chi connectivity index (χ0v) is 11.9. The van der Waals surface area contributed by atoms with E-state index in [1.807, 2.05) is 7.05 Å². The maximum Gasteiger partial charge on any atom is 0.0590 e. The van der Waals surface area contributed by atoms with E-state index in [1.165, 1.54) is 16.7 Å². The van der Waals surface area contributed by atoms with Gasteiger partial charge in [-0.1, -0.05) is 25.5 Å². The maximum atomic E-state index is 12.6. The predicted octanol–water partition coefficient (Wildman–Crippen LogP) is 2.85. The van der Waals surface area contributed by atoms with Crippen LogP contribution in [0, 0.1) is 13.8 Å². The Balaban J connectivity index is 2.56. The SMILES string of the molecule is CCCC1C(NC)c2c(C)ccc(C)c2S1=O. The van der Waals surface area contributed by atoms with Crippen LogP contribution in [0.15, 0.2) is 17.0 Å². The summed E-state index contributed by atoms with van der Waals surface area (Å²) < 4.78 is 12.6. The summed E-state index contributed by atoms with van der Waals surface area (Å²) in [6, 6.07) is 4.49. The summed E-state index contributed by atoms with van der Waals surface area (Å²) in [5.74, 6) is 0. The standard InChI is InChI=1S/C14H21NOS/c1-5-6-11-13(15-4)12-9(2)7-8-10(3)14(12)17(11)16/h7-8,11,13,15H,5-6H2,1-4H3. The van der Waals surface area contributed by atoms with E-state index in [0.29, 0.717) is 0 Å². The van der Waals surface area contributed by atoms with Gasteiger partial charge in [-0.05, 0) is 44.0 Å². The van der Waals surface area contributed by atoms with E-state index >= 15 is 0 Å². The summed E-state index contributed by atoms with van der Waals surface area (Å²) in [5, 5.41) is 3.60. The molecule has 1 aromatic carbocycles. The summed E-state index contributed by atoms with van der Waals surface area (Å²) in [6.45, 7) is 6.35. The van der Waals surface area contributed by atoms with Gasteiger partial charge in [0.15, 0.2) is 0 Å². The Labute approximate surface area is 106 Å². The lowest BCUT2D eigenvalue weighted by molar-refractivity contribution is 0.533. The lowest BCUT2D eigenvalue weighted by Gasteiger charge is -2.18. The number of hydrogen-bond acceptors (Lipinski definition) is 2. The molecule has 0 bridgehead atoms. The van der Waals surface area contributed by atoms with Gasteiger partial charge < -0.3 is 5.32 Å². The van der Waals surface area contributed by atoms with Crippen molar-refractivity contribution in [2.45, 2.75) is 49.8 Å². The van der Waals surface area contributed by atoms with E-state index in [-0.39, 0.29) is 11.3 Å². The van der Waals surface area contributed by atoms with Crippen molar-refractivity contribution in [1.29, 1.82) is 0 Å². The number of fused-ring (bicyclic) bond motifs is 1. The summed E-state index contributed by atoms with van der Waals surface area (Å²) >= 11 is 0. The predicted molar refractivity (Wildman–Crippen MR) is 72.8 cm³/mol.